The largest absolute Gasteiger partial charge is 0.355 e. The van der Waals surface area contributed by atoms with Crippen LogP contribution in [-0.4, -0.2) is 27.4 Å². The molecule has 1 amide bonds. The van der Waals surface area contributed by atoms with Crippen molar-refractivity contribution >= 4 is 15.9 Å². The number of nitrogens with one attached hydrogen (secondary N) is 2. The predicted octanol–water partition coefficient (Wildman–Crippen LogP) is 1.46. The van der Waals surface area contributed by atoms with Crippen molar-refractivity contribution in [3.05, 3.63) is 66.0 Å². The number of benzene rings is 2. The molecule has 2 N–H and O–H groups in total. The Labute approximate surface area is 134 Å². The van der Waals surface area contributed by atoms with Gasteiger partial charge in [-0.3, -0.25) is 4.79 Å². The molecule has 2 aromatic rings. The Hall–Kier alpha value is -2.25. The summed E-state index contributed by atoms with van der Waals surface area (Å²) in [5.41, 5.74) is 0.689. The van der Waals surface area contributed by atoms with Crippen molar-refractivity contribution in [2.45, 2.75) is 11.3 Å². The van der Waals surface area contributed by atoms with Crippen LogP contribution in [-0.2, 0) is 21.2 Å². The highest BCUT2D eigenvalue weighted by Gasteiger charge is 2.12. The molecule has 23 heavy (non-hydrogen) atoms. The highest BCUT2D eigenvalue weighted by Crippen LogP contribution is 2.06. The average Bonchev–Trinajstić information content (AvgIpc) is 2.55. The Morgan fingerprint density at radius 2 is 1.61 bits per heavy atom. The van der Waals surface area contributed by atoms with Crippen molar-refractivity contribution in [3.8, 4) is 0 Å². The van der Waals surface area contributed by atoms with Gasteiger partial charge in [-0.05, 0) is 29.8 Å². The molecule has 0 heterocycles. The molecule has 0 fully saturated rings. The smallest absolute Gasteiger partial charge is 0.240 e. The van der Waals surface area contributed by atoms with E-state index in [1.54, 1.807) is 18.2 Å². The maximum absolute atomic E-state index is 12.8. The second-order valence-electron chi connectivity index (χ2n) is 4.86. The first-order valence-electron chi connectivity index (χ1n) is 7.03. The molecule has 2 aromatic carbocycles. The molecule has 0 saturated carbocycles. The maximum Gasteiger partial charge on any atom is 0.240 e. The molecule has 122 valence electrons. The van der Waals surface area contributed by atoms with Gasteiger partial charge < -0.3 is 5.32 Å². The van der Waals surface area contributed by atoms with E-state index in [0.717, 1.165) is 0 Å². The number of halogens is 1. The lowest BCUT2D eigenvalue weighted by molar-refractivity contribution is -0.120. The topological polar surface area (TPSA) is 75.3 Å². The SMILES string of the molecule is O=C(Cc1ccc(F)cc1)NCCNS(=O)(=O)c1ccccc1. The third-order valence-corrected chi connectivity index (χ3v) is 4.55. The summed E-state index contributed by atoms with van der Waals surface area (Å²) >= 11 is 0. The minimum atomic E-state index is -3.56. The molecule has 0 aliphatic heterocycles. The van der Waals surface area contributed by atoms with Crippen LogP contribution in [0, 0.1) is 5.82 Å². The molecule has 2 rings (SSSR count). The van der Waals surface area contributed by atoms with Crippen LogP contribution in [0.25, 0.3) is 0 Å². The van der Waals surface area contributed by atoms with Crippen LogP contribution in [0.1, 0.15) is 5.56 Å². The van der Waals surface area contributed by atoms with Crippen LogP contribution in [0.4, 0.5) is 4.39 Å². The van der Waals surface area contributed by atoms with Gasteiger partial charge in [-0.2, -0.15) is 0 Å². The van der Waals surface area contributed by atoms with E-state index in [9.17, 15) is 17.6 Å². The quantitative estimate of drug-likeness (QED) is 0.752. The summed E-state index contributed by atoms with van der Waals surface area (Å²) in [7, 11) is -3.56. The predicted molar refractivity (Wildman–Crippen MR) is 84.7 cm³/mol. The van der Waals surface area contributed by atoms with Crippen LogP contribution >= 0.6 is 0 Å². The van der Waals surface area contributed by atoms with E-state index in [2.05, 4.69) is 10.0 Å². The van der Waals surface area contributed by atoms with Gasteiger partial charge in [0.05, 0.1) is 11.3 Å². The molecule has 0 radical (unpaired) electrons. The molecule has 0 atom stereocenters. The second kappa shape index (κ2) is 7.85. The molecule has 0 aliphatic carbocycles. The fourth-order valence-electron chi connectivity index (χ4n) is 1.92. The number of carbonyl (C=O) groups is 1. The average molecular weight is 336 g/mol. The van der Waals surface area contributed by atoms with Crippen molar-refractivity contribution < 1.29 is 17.6 Å². The Balaban J connectivity index is 1.75. The third-order valence-electron chi connectivity index (χ3n) is 3.07. The van der Waals surface area contributed by atoms with E-state index in [-0.39, 0.29) is 36.1 Å². The monoisotopic (exact) mass is 336 g/mol. The first kappa shape index (κ1) is 17.1. The van der Waals surface area contributed by atoms with Crippen molar-refractivity contribution in [1.82, 2.24) is 10.0 Å². The summed E-state index contributed by atoms with van der Waals surface area (Å²) in [4.78, 5) is 11.9. The van der Waals surface area contributed by atoms with Crippen LogP contribution < -0.4 is 10.0 Å². The molecular formula is C16H17FN2O3S. The molecule has 0 unspecified atom stereocenters. The Morgan fingerprint density at radius 1 is 0.957 bits per heavy atom. The number of amides is 1. The fourth-order valence-corrected chi connectivity index (χ4v) is 2.97. The van der Waals surface area contributed by atoms with Gasteiger partial charge >= 0.3 is 0 Å². The van der Waals surface area contributed by atoms with E-state index < -0.39 is 10.0 Å². The number of hydrogen-bond acceptors (Lipinski definition) is 3. The van der Waals surface area contributed by atoms with Gasteiger partial charge in [-0.15, -0.1) is 0 Å². The summed E-state index contributed by atoms with van der Waals surface area (Å²) in [6, 6.07) is 13.6. The molecule has 7 heteroatoms. The van der Waals surface area contributed by atoms with Crippen LogP contribution in [0.5, 0.6) is 0 Å². The normalized spacial score (nSPS) is 11.2. The molecular weight excluding hydrogens is 319 g/mol. The summed E-state index contributed by atoms with van der Waals surface area (Å²) in [6.45, 7) is 0.262. The van der Waals surface area contributed by atoms with E-state index in [1.807, 2.05) is 0 Å². The van der Waals surface area contributed by atoms with E-state index in [4.69, 9.17) is 0 Å². The van der Waals surface area contributed by atoms with Gasteiger partial charge in [0.25, 0.3) is 0 Å². The number of hydrogen-bond donors (Lipinski definition) is 2. The van der Waals surface area contributed by atoms with E-state index in [1.165, 1.54) is 36.4 Å². The van der Waals surface area contributed by atoms with Gasteiger partial charge in [0, 0.05) is 13.1 Å². The van der Waals surface area contributed by atoms with Crippen molar-refractivity contribution in [2.24, 2.45) is 0 Å². The second-order valence-corrected chi connectivity index (χ2v) is 6.63. The summed E-state index contributed by atoms with van der Waals surface area (Å²) in [5, 5.41) is 2.61. The molecule has 0 bridgehead atoms. The van der Waals surface area contributed by atoms with Crippen molar-refractivity contribution in [3.63, 3.8) is 0 Å². The van der Waals surface area contributed by atoms with E-state index in [0.29, 0.717) is 5.56 Å². The van der Waals surface area contributed by atoms with Gasteiger partial charge in [-0.1, -0.05) is 30.3 Å². The van der Waals surface area contributed by atoms with Crippen molar-refractivity contribution in [1.29, 1.82) is 0 Å². The minimum Gasteiger partial charge on any atom is -0.355 e. The third kappa shape index (κ3) is 5.46. The fraction of sp³-hybridized carbons (Fsp3) is 0.188. The number of rotatable bonds is 7. The first-order chi connectivity index (χ1) is 11.0. The zero-order valence-corrected chi connectivity index (χ0v) is 13.1. The first-order valence-corrected chi connectivity index (χ1v) is 8.51. The molecule has 0 aliphatic rings. The molecule has 5 nitrogen and oxygen atoms in total. The number of carbonyl (C=O) groups excluding carboxylic acids is 1. The molecule has 0 spiro atoms. The zero-order chi connectivity index (χ0) is 16.7. The minimum absolute atomic E-state index is 0.0897. The van der Waals surface area contributed by atoms with Gasteiger partial charge in [0.1, 0.15) is 5.82 Å². The van der Waals surface area contributed by atoms with Crippen LogP contribution in [0.3, 0.4) is 0 Å². The van der Waals surface area contributed by atoms with Gasteiger partial charge in [0.15, 0.2) is 0 Å². The lowest BCUT2D eigenvalue weighted by Crippen LogP contribution is -2.35. The Morgan fingerprint density at radius 3 is 2.26 bits per heavy atom. The van der Waals surface area contributed by atoms with E-state index >= 15 is 0 Å². The highest BCUT2D eigenvalue weighted by molar-refractivity contribution is 7.89. The summed E-state index contributed by atoms with van der Waals surface area (Å²) < 4.78 is 39.0. The Kier molecular flexibility index (Phi) is 5.84. The van der Waals surface area contributed by atoms with Gasteiger partial charge in [-0.25, -0.2) is 17.5 Å². The Bertz CT molecular complexity index is 747. The lowest BCUT2D eigenvalue weighted by atomic mass is 10.1. The lowest BCUT2D eigenvalue weighted by Gasteiger charge is -2.08. The standard InChI is InChI=1S/C16H17FN2O3S/c17-14-8-6-13(7-9-14)12-16(20)18-10-11-19-23(21,22)15-4-2-1-3-5-15/h1-9,19H,10-12H2,(H,18,20). The molecule has 0 aromatic heterocycles. The number of sulfonamides is 1. The molecule has 0 saturated heterocycles. The zero-order valence-electron chi connectivity index (χ0n) is 12.3. The maximum atomic E-state index is 12.8. The van der Waals surface area contributed by atoms with Crippen molar-refractivity contribution in [2.75, 3.05) is 13.1 Å². The summed E-state index contributed by atoms with van der Waals surface area (Å²) in [5.74, 6) is -0.611. The van der Waals surface area contributed by atoms with Crippen LogP contribution in [0.2, 0.25) is 0 Å². The summed E-state index contributed by atoms with van der Waals surface area (Å²) in [6.07, 6.45) is 0.117. The van der Waals surface area contributed by atoms with Crippen LogP contribution in [0.15, 0.2) is 59.5 Å². The van der Waals surface area contributed by atoms with Gasteiger partial charge in [0.2, 0.25) is 15.9 Å². The highest BCUT2D eigenvalue weighted by atomic mass is 32.2.